The smallest absolute Gasteiger partial charge is 0.227 e. The molecular formula is C20H20Cl2N2O4. The maximum atomic E-state index is 12.8. The molecule has 0 aliphatic rings. The second-order valence-corrected chi connectivity index (χ2v) is 7.18. The molecule has 3 rings (SSSR count). The third-order valence-electron chi connectivity index (χ3n) is 4.35. The number of aromatic nitrogens is 2. The quantitative estimate of drug-likeness (QED) is 0.636. The predicted molar refractivity (Wildman–Crippen MR) is 110 cm³/mol. The SMILES string of the molecule is CCc1cc2c(c(OC[C@H](O)CO)n1)c(=O)cc(C)n2-c1c(Cl)cccc1Cl. The summed E-state index contributed by atoms with van der Waals surface area (Å²) in [4.78, 5) is 17.2. The zero-order valence-electron chi connectivity index (χ0n) is 15.4. The minimum atomic E-state index is -1.08. The molecule has 8 heteroatoms. The molecule has 0 aliphatic carbocycles. The highest BCUT2D eigenvalue weighted by molar-refractivity contribution is 6.37. The minimum absolute atomic E-state index is 0.101. The van der Waals surface area contributed by atoms with Crippen LogP contribution in [0.1, 0.15) is 18.3 Å². The standard InChI is InChI=1S/C20H20Cl2N2O4/c1-3-12-8-16-18(20(23-12)28-10-13(26)9-25)17(27)7-11(2)24(16)19-14(21)5-4-6-15(19)22/h4-8,13,25-26H,3,9-10H2,1-2H3/t13-/m1/s1. The van der Waals surface area contributed by atoms with E-state index < -0.39 is 12.7 Å². The van der Waals surface area contributed by atoms with Crippen molar-refractivity contribution in [2.24, 2.45) is 0 Å². The summed E-state index contributed by atoms with van der Waals surface area (Å²) in [5, 5.41) is 19.8. The number of benzene rings is 1. The topological polar surface area (TPSA) is 84.6 Å². The highest BCUT2D eigenvalue weighted by Crippen LogP contribution is 2.33. The van der Waals surface area contributed by atoms with Crippen LogP contribution in [-0.2, 0) is 6.42 Å². The first-order valence-corrected chi connectivity index (χ1v) is 9.55. The van der Waals surface area contributed by atoms with E-state index in [0.717, 1.165) is 0 Å². The summed E-state index contributed by atoms with van der Waals surface area (Å²) in [5.41, 5.74) is 2.20. The lowest BCUT2D eigenvalue weighted by Crippen LogP contribution is -2.23. The van der Waals surface area contributed by atoms with E-state index in [-0.39, 0.29) is 23.3 Å². The second-order valence-electron chi connectivity index (χ2n) is 6.37. The van der Waals surface area contributed by atoms with Gasteiger partial charge in [-0.2, -0.15) is 0 Å². The van der Waals surface area contributed by atoms with Crippen LogP contribution in [0.2, 0.25) is 10.0 Å². The number of fused-ring (bicyclic) bond motifs is 1. The number of aliphatic hydroxyl groups excluding tert-OH is 2. The molecule has 0 saturated carbocycles. The summed E-state index contributed by atoms with van der Waals surface area (Å²) in [6.45, 7) is 3.08. The lowest BCUT2D eigenvalue weighted by atomic mass is 10.1. The van der Waals surface area contributed by atoms with E-state index in [1.807, 2.05) is 6.92 Å². The van der Waals surface area contributed by atoms with Crippen LogP contribution in [0.5, 0.6) is 5.88 Å². The average Bonchev–Trinajstić information content (AvgIpc) is 2.67. The molecular weight excluding hydrogens is 403 g/mol. The van der Waals surface area contributed by atoms with Gasteiger partial charge < -0.3 is 19.5 Å². The van der Waals surface area contributed by atoms with E-state index in [1.54, 1.807) is 35.8 Å². The Kier molecular flexibility index (Phi) is 6.25. The van der Waals surface area contributed by atoms with Gasteiger partial charge in [0.1, 0.15) is 18.1 Å². The first kappa shape index (κ1) is 20.6. The van der Waals surface area contributed by atoms with Crippen LogP contribution in [0.15, 0.2) is 35.1 Å². The van der Waals surface area contributed by atoms with E-state index in [0.29, 0.717) is 39.1 Å². The fraction of sp³-hybridized carbons (Fsp3) is 0.300. The maximum absolute atomic E-state index is 12.8. The molecule has 0 spiro atoms. The number of aryl methyl sites for hydroxylation is 2. The third kappa shape index (κ3) is 3.86. The summed E-state index contributed by atoms with van der Waals surface area (Å²) < 4.78 is 7.39. The molecule has 28 heavy (non-hydrogen) atoms. The number of halogens is 2. The normalized spacial score (nSPS) is 12.4. The summed E-state index contributed by atoms with van der Waals surface area (Å²) in [7, 11) is 0. The van der Waals surface area contributed by atoms with Gasteiger partial charge in [-0.15, -0.1) is 0 Å². The van der Waals surface area contributed by atoms with Crippen molar-refractivity contribution in [2.75, 3.05) is 13.2 Å². The number of ether oxygens (including phenoxy) is 1. The van der Waals surface area contributed by atoms with Crippen molar-refractivity contribution in [3.8, 4) is 11.6 Å². The molecule has 2 aromatic heterocycles. The van der Waals surface area contributed by atoms with Gasteiger partial charge >= 0.3 is 0 Å². The number of rotatable bonds is 6. The van der Waals surface area contributed by atoms with Crippen molar-refractivity contribution in [3.05, 3.63) is 62.0 Å². The van der Waals surface area contributed by atoms with Crippen molar-refractivity contribution in [2.45, 2.75) is 26.4 Å². The van der Waals surface area contributed by atoms with Crippen LogP contribution < -0.4 is 10.2 Å². The van der Waals surface area contributed by atoms with Gasteiger partial charge in [0.05, 0.1) is 27.9 Å². The monoisotopic (exact) mass is 422 g/mol. The van der Waals surface area contributed by atoms with E-state index in [1.165, 1.54) is 6.07 Å². The first-order valence-electron chi connectivity index (χ1n) is 8.79. The highest BCUT2D eigenvalue weighted by Gasteiger charge is 2.19. The van der Waals surface area contributed by atoms with Gasteiger partial charge in [0.2, 0.25) is 5.88 Å². The maximum Gasteiger partial charge on any atom is 0.227 e. The van der Waals surface area contributed by atoms with Crippen molar-refractivity contribution >= 4 is 34.1 Å². The Morgan fingerprint density at radius 1 is 1.25 bits per heavy atom. The molecule has 1 atom stereocenters. The number of hydrogen-bond donors (Lipinski definition) is 2. The Morgan fingerprint density at radius 2 is 1.93 bits per heavy atom. The summed E-state index contributed by atoms with van der Waals surface area (Å²) >= 11 is 12.8. The second kappa shape index (κ2) is 8.49. The van der Waals surface area contributed by atoms with Crippen molar-refractivity contribution in [1.29, 1.82) is 0 Å². The Balaban J connectivity index is 2.36. The van der Waals surface area contributed by atoms with Crippen LogP contribution in [0.3, 0.4) is 0 Å². The van der Waals surface area contributed by atoms with E-state index >= 15 is 0 Å². The molecule has 0 bridgehead atoms. The fourth-order valence-electron chi connectivity index (χ4n) is 3.00. The predicted octanol–water partition coefficient (Wildman–Crippen LogP) is 3.30. The summed E-state index contributed by atoms with van der Waals surface area (Å²) in [5.74, 6) is 0.101. The highest BCUT2D eigenvalue weighted by atomic mass is 35.5. The van der Waals surface area contributed by atoms with Crippen LogP contribution in [0, 0.1) is 6.92 Å². The average molecular weight is 423 g/mol. The molecule has 0 radical (unpaired) electrons. The van der Waals surface area contributed by atoms with Crippen LogP contribution in [0.4, 0.5) is 0 Å². The van der Waals surface area contributed by atoms with Gasteiger partial charge in [-0.1, -0.05) is 36.2 Å². The molecule has 2 heterocycles. The third-order valence-corrected chi connectivity index (χ3v) is 4.96. The van der Waals surface area contributed by atoms with Crippen molar-refractivity contribution in [3.63, 3.8) is 0 Å². The lowest BCUT2D eigenvalue weighted by molar-refractivity contribution is 0.0526. The minimum Gasteiger partial charge on any atom is -0.474 e. The molecule has 0 unspecified atom stereocenters. The molecule has 0 aliphatic heterocycles. The molecule has 0 saturated heterocycles. The number of hydrogen-bond acceptors (Lipinski definition) is 5. The molecule has 3 aromatic rings. The van der Waals surface area contributed by atoms with Gasteiger partial charge in [-0.3, -0.25) is 4.79 Å². The van der Waals surface area contributed by atoms with Crippen molar-refractivity contribution < 1.29 is 14.9 Å². The summed E-state index contributed by atoms with van der Waals surface area (Å²) in [6, 6.07) is 8.47. The molecule has 6 nitrogen and oxygen atoms in total. The lowest BCUT2D eigenvalue weighted by Gasteiger charge is -2.19. The zero-order chi connectivity index (χ0) is 20.4. The Bertz CT molecular complexity index is 1060. The molecule has 0 amide bonds. The van der Waals surface area contributed by atoms with E-state index in [4.69, 9.17) is 33.0 Å². The van der Waals surface area contributed by atoms with Gasteiger partial charge in [-0.05, 0) is 31.5 Å². The Morgan fingerprint density at radius 3 is 2.54 bits per heavy atom. The number of nitrogens with zero attached hydrogens (tertiary/aromatic N) is 2. The molecule has 148 valence electrons. The van der Waals surface area contributed by atoms with E-state index in [2.05, 4.69) is 4.98 Å². The zero-order valence-corrected chi connectivity index (χ0v) is 17.0. The van der Waals surface area contributed by atoms with Crippen LogP contribution in [-0.4, -0.2) is 39.1 Å². The largest absolute Gasteiger partial charge is 0.474 e. The number of aliphatic hydroxyl groups is 2. The fourth-order valence-corrected chi connectivity index (χ4v) is 3.56. The Hall–Kier alpha value is -2.12. The molecule has 0 fully saturated rings. The van der Waals surface area contributed by atoms with E-state index in [9.17, 15) is 9.90 Å². The van der Waals surface area contributed by atoms with Gasteiger partial charge in [-0.25, -0.2) is 4.98 Å². The van der Waals surface area contributed by atoms with Gasteiger partial charge in [0.25, 0.3) is 0 Å². The van der Waals surface area contributed by atoms with Crippen molar-refractivity contribution in [1.82, 2.24) is 9.55 Å². The van der Waals surface area contributed by atoms with Gasteiger partial charge in [0.15, 0.2) is 5.43 Å². The number of pyridine rings is 2. The molecule has 1 aromatic carbocycles. The molecule has 2 N–H and O–H groups in total. The Labute approximate surface area is 171 Å². The van der Waals surface area contributed by atoms with Crippen LogP contribution in [0.25, 0.3) is 16.6 Å². The number of para-hydroxylation sites is 1. The van der Waals surface area contributed by atoms with Gasteiger partial charge in [0, 0.05) is 17.5 Å². The van der Waals surface area contributed by atoms with Crippen LogP contribution >= 0.6 is 23.2 Å². The summed E-state index contributed by atoms with van der Waals surface area (Å²) in [6.07, 6.45) is -0.472. The first-order chi connectivity index (χ1) is 13.4.